The Hall–Kier alpha value is -1.35. The van der Waals surface area contributed by atoms with Gasteiger partial charge in [-0.1, -0.05) is 30.3 Å². The summed E-state index contributed by atoms with van der Waals surface area (Å²) in [5, 5.41) is 3.13. The monoisotopic (exact) mass is 219 g/mol. The maximum Gasteiger partial charge on any atom is 0.224 e. The highest BCUT2D eigenvalue weighted by molar-refractivity contribution is 5.80. The van der Waals surface area contributed by atoms with Crippen molar-refractivity contribution in [2.45, 2.75) is 20.3 Å². The zero-order chi connectivity index (χ0) is 12.0. The summed E-state index contributed by atoms with van der Waals surface area (Å²) < 4.78 is 0. The topological polar surface area (TPSA) is 55.1 Å². The lowest BCUT2D eigenvalue weighted by atomic mass is 9.93. The molecule has 0 aromatic heterocycles. The third-order valence-electron chi connectivity index (χ3n) is 2.54. The first-order valence-electron chi connectivity index (χ1n) is 5.41. The molecule has 0 saturated carbocycles. The predicted molar refractivity (Wildman–Crippen MR) is 65.4 cm³/mol. The molecule has 0 heterocycles. The van der Waals surface area contributed by atoms with Crippen LogP contribution in [0.15, 0.2) is 30.3 Å². The lowest BCUT2D eigenvalue weighted by Crippen LogP contribution is -2.39. The van der Waals surface area contributed by atoms with Gasteiger partial charge in [-0.15, -0.1) is 0 Å². The van der Waals surface area contributed by atoms with Gasteiger partial charge < -0.3 is 11.1 Å². The van der Waals surface area contributed by atoms with Gasteiger partial charge in [0.25, 0.3) is 0 Å². The van der Waals surface area contributed by atoms with E-state index >= 15 is 0 Å². The minimum absolute atomic E-state index is 0.284. The third-order valence-corrected chi connectivity index (χ3v) is 2.54. The van der Waals surface area contributed by atoms with Crippen molar-refractivity contribution in [1.29, 1.82) is 0 Å². The summed E-state index contributed by atoms with van der Waals surface area (Å²) in [5.41, 5.74) is 6.01. The normalized spacial score (nSPS) is 11.4. The number of benzene rings is 1. The number of primary amides is 1. The Morgan fingerprint density at radius 2 is 2.00 bits per heavy atom. The summed E-state index contributed by atoms with van der Waals surface area (Å²) in [6, 6.07) is 10.1. The van der Waals surface area contributed by atoms with Crippen LogP contribution in [0.1, 0.15) is 19.4 Å². The molecule has 1 aromatic carbocycles. The largest absolute Gasteiger partial charge is 0.369 e. The van der Waals surface area contributed by atoms with Crippen LogP contribution in [0.2, 0.25) is 0 Å². The van der Waals surface area contributed by atoms with Crippen molar-refractivity contribution in [2.75, 3.05) is 6.54 Å². The Kier molecular flexibility index (Phi) is 4.50. The highest BCUT2D eigenvalue weighted by Crippen LogP contribution is 2.12. The molecule has 1 amide bonds. The van der Waals surface area contributed by atoms with Crippen molar-refractivity contribution < 1.29 is 4.79 Å². The van der Waals surface area contributed by atoms with Crippen LogP contribution in [0, 0.1) is 12.0 Å². The second-order valence-corrected chi connectivity index (χ2v) is 4.52. The maximum absolute atomic E-state index is 11.1. The molecular weight excluding hydrogens is 200 g/mol. The average molecular weight is 219 g/mol. The molecule has 3 heteroatoms. The Morgan fingerprint density at radius 1 is 1.38 bits per heavy atom. The fraction of sp³-hybridized carbons (Fsp3) is 0.385. The van der Waals surface area contributed by atoms with E-state index in [1.165, 1.54) is 5.56 Å². The molecule has 0 aliphatic carbocycles. The van der Waals surface area contributed by atoms with Gasteiger partial charge in [0.05, 0.1) is 5.41 Å². The number of nitrogens with one attached hydrogen (secondary N) is 1. The van der Waals surface area contributed by atoms with Gasteiger partial charge in [0.1, 0.15) is 0 Å². The second-order valence-electron chi connectivity index (χ2n) is 4.52. The lowest BCUT2D eigenvalue weighted by Gasteiger charge is -2.20. The van der Waals surface area contributed by atoms with Crippen LogP contribution in [0.5, 0.6) is 0 Å². The Morgan fingerprint density at radius 3 is 2.56 bits per heavy atom. The van der Waals surface area contributed by atoms with Crippen LogP contribution < -0.4 is 11.1 Å². The highest BCUT2D eigenvalue weighted by Gasteiger charge is 2.23. The Balaban J connectivity index is 2.25. The van der Waals surface area contributed by atoms with Crippen LogP contribution in [0.25, 0.3) is 0 Å². The van der Waals surface area contributed by atoms with Gasteiger partial charge in [-0.25, -0.2) is 0 Å². The molecule has 87 valence electrons. The van der Waals surface area contributed by atoms with E-state index in [4.69, 9.17) is 5.73 Å². The van der Waals surface area contributed by atoms with E-state index in [0.29, 0.717) is 6.54 Å². The smallest absolute Gasteiger partial charge is 0.224 e. The fourth-order valence-corrected chi connectivity index (χ4v) is 1.22. The van der Waals surface area contributed by atoms with Crippen molar-refractivity contribution in [2.24, 2.45) is 11.1 Å². The number of amides is 1. The van der Waals surface area contributed by atoms with E-state index < -0.39 is 5.41 Å². The zero-order valence-corrected chi connectivity index (χ0v) is 9.86. The number of hydrogen-bond acceptors (Lipinski definition) is 2. The maximum atomic E-state index is 11.1. The first-order valence-corrected chi connectivity index (χ1v) is 5.41. The van der Waals surface area contributed by atoms with Gasteiger partial charge in [-0.3, -0.25) is 4.79 Å². The van der Waals surface area contributed by atoms with Crippen LogP contribution in [0.3, 0.4) is 0 Å². The lowest BCUT2D eigenvalue weighted by molar-refractivity contribution is -0.125. The molecule has 0 unspecified atom stereocenters. The van der Waals surface area contributed by atoms with E-state index in [1.807, 2.05) is 38.6 Å². The van der Waals surface area contributed by atoms with Gasteiger partial charge in [0.15, 0.2) is 0 Å². The van der Waals surface area contributed by atoms with E-state index in [9.17, 15) is 4.79 Å². The van der Waals surface area contributed by atoms with Crippen LogP contribution in [-0.2, 0) is 11.2 Å². The van der Waals surface area contributed by atoms with Crippen molar-refractivity contribution in [3.63, 3.8) is 0 Å². The van der Waals surface area contributed by atoms with Gasteiger partial charge >= 0.3 is 0 Å². The molecule has 3 nitrogen and oxygen atoms in total. The molecule has 0 spiro atoms. The molecule has 0 aliphatic heterocycles. The zero-order valence-electron chi connectivity index (χ0n) is 9.86. The van der Waals surface area contributed by atoms with E-state index in [0.717, 1.165) is 6.42 Å². The molecule has 1 radical (unpaired) electrons. The predicted octanol–water partition coefficient (Wildman–Crippen LogP) is 1.49. The third kappa shape index (κ3) is 4.03. The number of nitrogens with two attached hydrogens (primary N) is 1. The quantitative estimate of drug-likeness (QED) is 0.712. The molecule has 0 fully saturated rings. The number of hydrogen-bond donors (Lipinski definition) is 2. The number of carbonyl (C=O) groups is 1. The van der Waals surface area contributed by atoms with Crippen molar-refractivity contribution >= 4 is 5.91 Å². The minimum Gasteiger partial charge on any atom is -0.369 e. The van der Waals surface area contributed by atoms with Crippen molar-refractivity contribution in [1.82, 2.24) is 5.32 Å². The van der Waals surface area contributed by atoms with E-state index in [1.54, 1.807) is 0 Å². The molecule has 1 rings (SSSR count). The first kappa shape index (κ1) is 12.7. The SMILES string of the molecule is CC(C)(CN[CH]Cc1ccccc1)C(N)=O. The molecule has 0 bridgehead atoms. The van der Waals surface area contributed by atoms with Gasteiger partial charge in [-0.2, -0.15) is 0 Å². The van der Waals surface area contributed by atoms with Gasteiger partial charge in [0, 0.05) is 13.1 Å². The summed E-state index contributed by atoms with van der Waals surface area (Å²) in [6.45, 7) is 6.19. The molecule has 1 aromatic rings. The highest BCUT2D eigenvalue weighted by atomic mass is 16.1. The van der Waals surface area contributed by atoms with Crippen LogP contribution in [-0.4, -0.2) is 12.5 Å². The summed E-state index contributed by atoms with van der Waals surface area (Å²) in [4.78, 5) is 11.1. The second kappa shape index (κ2) is 5.66. The number of rotatable bonds is 6. The number of carbonyl (C=O) groups excluding carboxylic acids is 1. The first-order chi connectivity index (χ1) is 7.52. The molecule has 0 atom stereocenters. The Labute approximate surface area is 97.0 Å². The van der Waals surface area contributed by atoms with Crippen molar-refractivity contribution in [3.8, 4) is 0 Å². The minimum atomic E-state index is -0.507. The van der Waals surface area contributed by atoms with Gasteiger partial charge in [0.2, 0.25) is 5.91 Å². The van der Waals surface area contributed by atoms with E-state index in [-0.39, 0.29) is 5.91 Å². The summed E-state index contributed by atoms with van der Waals surface area (Å²) in [7, 11) is 0. The van der Waals surface area contributed by atoms with E-state index in [2.05, 4.69) is 17.4 Å². The Bertz CT molecular complexity index is 333. The fourth-order valence-electron chi connectivity index (χ4n) is 1.22. The average Bonchev–Trinajstić information content (AvgIpc) is 2.26. The molecule has 0 saturated heterocycles. The van der Waals surface area contributed by atoms with Crippen LogP contribution >= 0.6 is 0 Å². The van der Waals surface area contributed by atoms with Gasteiger partial charge in [-0.05, 0) is 25.8 Å². The van der Waals surface area contributed by atoms with Crippen LogP contribution in [0.4, 0.5) is 0 Å². The molecule has 16 heavy (non-hydrogen) atoms. The van der Waals surface area contributed by atoms with Crippen molar-refractivity contribution in [3.05, 3.63) is 42.4 Å². The standard InChI is InChI=1S/C13H19N2O/c1-13(2,12(14)16)10-15-9-8-11-6-4-3-5-7-11/h3-7,9,15H,8,10H2,1-2H3,(H2,14,16). The molecule has 3 N–H and O–H groups in total. The summed E-state index contributed by atoms with van der Waals surface area (Å²) in [5.74, 6) is -0.284. The molecular formula is C13H19N2O. The summed E-state index contributed by atoms with van der Waals surface area (Å²) >= 11 is 0. The summed E-state index contributed by atoms with van der Waals surface area (Å²) in [6.07, 6.45) is 0.843. The molecule has 0 aliphatic rings.